The van der Waals surface area contributed by atoms with Crippen LogP contribution in [0.15, 0.2) is 85.0 Å². The Hall–Kier alpha value is -3.58. The highest BCUT2D eigenvalue weighted by Crippen LogP contribution is 2.33. The Labute approximate surface area is 179 Å². The van der Waals surface area contributed by atoms with E-state index in [-0.39, 0.29) is 17.3 Å². The fraction of sp³-hybridized carbons (Fsp3) is 0.0435. The number of carbonyl (C=O) groups is 1. The Morgan fingerprint density at radius 2 is 1.77 bits per heavy atom. The molecule has 0 aliphatic rings. The lowest BCUT2D eigenvalue weighted by Crippen LogP contribution is -2.14. The number of hydrogen-bond donors (Lipinski definition) is 0. The first-order chi connectivity index (χ1) is 14.5. The van der Waals surface area contributed by atoms with Crippen LogP contribution < -0.4 is 14.9 Å². The molecule has 0 N–H and O–H groups in total. The van der Waals surface area contributed by atoms with Crippen molar-refractivity contribution in [3.05, 3.63) is 87.2 Å². The van der Waals surface area contributed by atoms with Crippen molar-refractivity contribution in [1.82, 2.24) is 0 Å². The van der Waals surface area contributed by atoms with Crippen molar-refractivity contribution >= 4 is 38.9 Å². The van der Waals surface area contributed by atoms with Crippen molar-refractivity contribution in [2.24, 2.45) is 0 Å². The summed E-state index contributed by atoms with van der Waals surface area (Å²) in [6.45, 7) is 0. The Kier molecular flexibility index (Phi) is 5.54. The fourth-order valence-electron chi connectivity index (χ4n) is 2.83. The van der Waals surface area contributed by atoms with E-state index in [4.69, 9.17) is 18.3 Å². The van der Waals surface area contributed by atoms with Gasteiger partial charge in [-0.15, -0.1) is 0 Å². The van der Waals surface area contributed by atoms with E-state index in [1.807, 2.05) is 0 Å². The molecule has 2 aromatic heterocycles. The van der Waals surface area contributed by atoms with Crippen LogP contribution in [0.4, 0.5) is 0 Å². The summed E-state index contributed by atoms with van der Waals surface area (Å²) >= 11 is 3.22. The zero-order chi connectivity index (χ0) is 21.1. The summed E-state index contributed by atoms with van der Waals surface area (Å²) in [5, 5.41) is 0.300. The van der Waals surface area contributed by atoms with Crippen LogP contribution >= 0.6 is 15.9 Å². The summed E-state index contributed by atoms with van der Waals surface area (Å²) in [7, 11) is 1.58. The Morgan fingerprint density at radius 1 is 1.00 bits per heavy atom. The molecule has 0 saturated heterocycles. The van der Waals surface area contributed by atoms with Gasteiger partial charge in [0.1, 0.15) is 11.3 Å². The van der Waals surface area contributed by atoms with Gasteiger partial charge in [0.05, 0.1) is 12.5 Å². The number of para-hydroxylation sites is 1. The number of carbonyl (C=O) groups excluding carboxylic acids is 1. The predicted molar refractivity (Wildman–Crippen MR) is 116 cm³/mol. The minimum absolute atomic E-state index is 0.0376. The average molecular weight is 467 g/mol. The van der Waals surface area contributed by atoms with Crippen molar-refractivity contribution in [2.75, 3.05) is 7.11 Å². The first-order valence-electron chi connectivity index (χ1n) is 8.90. The second-order valence-corrected chi connectivity index (χ2v) is 7.00. The first kappa shape index (κ1) is 19.7. The highest BCUT2D eigenvalue weighted by atomic mass is 79.9. The molecule has 0 bridgehead atoms. The van der Waals surface area contributed by atoms with Gasteiger partial charge in [-0.25, -0.2) is 4.79 Å². The van der Waals surface area contributed by atoms with E-state index in [0.717, 1.165) is 5.56 Å². The molecule has 0 saturated carbocycles. The van der Waals surface area contributed by atoms with E-state index in [1.165, 1.54) is 6.08 Å². The maximum absolute atomic E-state index is 13.0. The second-order valence-electron chi connectivity index (χ2n) is 6.22. The van der Waals surface area contributed by atoms with Crippen LogP contribution in [-0.4, -0.2) is 13.1 Å². The molecule has 4 aromatic rings. The van der Waals surface area contributed by atoms with Crippen LogP contribution in [0, 0.1) is 0 Å². The lowest BCUT2D eigenvalue weighted by Gasteiger charge is -2.07. The predicted octanol–water partition coefficient (Wildman–Crippen LogP) is 5.44. The van der Waals surface area contributed by atoms with E-state index in [2.05, 4.69) is 15.9 Å². The largest absolute Gasteiger partial charge is 0.497 e. The van der Waals surface area contributed by atoms with Gasteiger partial charge in [-0.05, 0) is 64.0 Å². The van der Waals surface area contributed by atoms with E-state index in [9.17, 15) is 9.59 Å². The van der Waals surface area contributed by atoms with Gasteiger partial charge in [0.2, 0.25) is 16.9 Å². The molecule has 0 amide bonds. The molecule has 2 heterocycles. The van der Waals surface area contributed by atoms with Crippen LogP contribution in [0.5, 0.6) is 11.5 Å². The number of esters is 1. The molecule has 6 nitrogen and oxygen atoms in total. The molecule has 0 fully saturated rings. The van der Waals surface area contributed by atoms with E-state index >= 15 is 0 Å². The molecule has 0 unspecified atom stereocenters. The zero-order valence-corrected chi connectivity index (χ0v) is 17.3. The van der Waals surface area contributed by atoms with Gasteiger partial charge in [-0.3, -0.25) is 4.79 Å². The normalized spacial score (nSPS) is 11.1. The van der Waals surface area contributed by atoms with Gasteiger partial charge >= 0.3 is 5.97 Å². The summed E-state index contributed by atoms with van der Waals surface area (Å²) in [6.07, 6.45) is 2.81. The molecule has 0 radical (unpaired) electrons. The van der Waals surface area contributed by atoms with Crippen LogP contribution in [0.2, 0.25) is 0 Å². The van der Waals surface area contributed by atoms with Crippen molar-refractivity contribution < 1.29 is 23.1 Å². The smallest absolute Gasteiger partial charge is 0.336 e. The Balaban J connectivity index is 1.70. The Bertz CT molecular complexity index is 1300. The number of fused-ring (bicyclic) bond motifs is 1. The van der Waals surface area contributed by atoms with Gasteiger partial charge in [-0.1, -0.05) is 24.3 Å². The average Bonchev–Trinajstić information content (AvgIpc) is 3.20. The number of ether oxygens (including phenoxy) is 2. The van der Waals surface area contributed by atoms with Gasteiger partial charge in [0.15, 0.2) is 10.4 Å². The summed E-state index contributed by atoms with van der Waals surface area (Å²) < 4.78 is 22.3. The molecule has 2 aromatic carbocycles. The van der Waals surface area contributed by atoms with Gasteiger partial charge < -0.3 is 18.3 Å². The number of benzene rings is 2. The number of halogens is 1. The molecule has 0 aliphatic carbocycles. The molecular weight excluding hydrogens is 452 g/mol. The van der Waals surface area contributed by atoms with E-state index in [0.29, 0.717) is 21.4 Å². The van der Waals surface area contributed by atoms with Crippen molar-refractivity contribution in [3.63, 3.8) is 0 Å². The molecule has 0 atom stereocenters. The third-order valence-electron chi connectivity index (χ3n) is 4.28. The monoisotopic (exact) mass is 466 g/mol. The molecule has 4 rings (SSSR count). The summed E-state index contributed by atoms with van der Waals surface area (Å²) in [5.74, 6) is 0.0419. The number of furan rings is 1. The minimum Gasteiger partial charge on any atom is -0.497 e. The quantitative estimate of drug-likeness (QED) is 0.287. The molecule has 150 valence electrons. The lowest BCUT2D eigenvalue weighted by atomic mass is 10.2. The van der Waals surface area contributed by atoms with Gasteiger partial charge in [0.25, 0.3) is 0 Å². The van der Waals surface area contributed by atoms with Crippen molar-refractivity contribution in [2.45, 2.75) is 0 Å². The number of methoxy groups -OCH3 is 1. The Morgan fingerprint density at radius 3 is 2.47 bits per heavy atom. The fourth-order valence-corrected chi connectivity index (χ4v) is 3.14. The van der Waals surface area contributed by atoms with Gasteiger partial charge in [-0.2, -0.15) is 0 Å². The number of hydrogen-bond acceptors (Lipinski definition) is 6. The van der Waals surface area contributed by atoms with Crippen LogP contribution in [0.3, 0.4) is 0 Å². The minimum atomic E-state index is -0.722. The SMILES string of the molecule is COc1ccc(/C=C/C(=O)Oc2c(-c3ccc(Br)o3)oc3ccccc3c2=O)cc1. The maximum Gasteiger partial charge on any atom is 0.336 e. The lowest BCUT2D eigenvalue weighted by molar-refractivity contribution is -0.129. The molecule has 0 aliphatic heterocycles. The second kappa shape index (κ2) is 8.42. The van der Waals surface area contributed by atoms with Crippen LogP contribution in [-0.2, 0) is 4.79 Å². The molecule has 7 heteroatoms. The van der Waals surface area contributed by atoms with Crippen molar-refractivity contribution in [1.29, 1.82) is 0 Å². The van der Waals surface area contributed by atoms with Gasteiger partial charge in [0, 0.05) is 6.08 Å². The zero-order valence-electron chi connectivity index (χ0n) is 15.8. The maximum atomic E-state index is 13.0. The van der Waals surface area contributed by atoms with Crippen molar-refractivity contribution in [3.8, 4) is 23.0 Å². The molecule has 0 spiro atoms. The third-order valence-corrected chi connectivity index (χ3v) is 4.71. The van der Waals surface area contributed by atoms with E-state index in [1.54, 1.807) is 73.8 Å². The summed E-state index contributed by atoms with van der Waals surface area (Å²) in [4.78, 5) is 25.4. The summed E-state index contributed by atoms with van der Waals surface area (Å²) in [5.41, 5.74) is 0.664. The third kappa shape index (κ3) is 4.06. The number of rotatable bonds is 5. The molecular formula is C23H15BrO6. The molecule has 30 heavy (non-hydrogen) atoms. The highest BCUT2D eigenvalue weighted by molar-refractivity contribution is 9.10. The first-order valence-corrected chi connectivity index (χ1v) is 9.70. The van der Waals surface area contributed by atoms with Crippen LogP contribution in [0.25, 0.3) is 28.6 Å². The van der Waals surface area contributed by atoms with Crippen LogP contribution in [0.1, 0.15) is 5.56 Å². The summed E-state index contributed by atoms with van der Waals surface area (Å²) in [6, 6.07) is 17.1. The highest BCUT2D eigenvalue weighted by Gasteiger charge is 2.22. The standard InChI is InChI=1S/C23H15BrO6/c1-27-15-9-6-14(7-10-15)8-13-20(25)30-23-21(26)16-4-2-3-5-17(16)29-22(23)18-11-12-19(24)28-18/h2-13H,1H3/b13-8+. The van der Waals surface area contributed by atoms with E-state index < -0.39 is 11.4 Å². The topological polar surface area (TPSA) is 78.9 Å².